The van der Waals surface area contributed by atoms with Crippen LogP contribution in [0.3, 0.4) is 0 Å². The molecule has 0 radical (unpaired) electrons. The number of nitro benzene ring substituents is 1. The zero-order valence-electron chi connectivity index (χ0n) is 10.3. The van der Waals surface area contributed by atoms with Crippen molar-refractivity contribution in [1.29, 1.82) is 0 Å². The maximum Gasteiger partial charge on any atom is 0.311 e. The van der Waals surface area contributed by atoms with Gasteiger partial charge in [-0.15, -0.1) is 0 Å². The number of aliphatic hydroxyl groups excluding tert-OH is 1. The highest BCUT2D eigenvalue weighted by Gasteiger charge is 2.21. The second kappa shape index (κ2) is 5.14. The average molecular weight is 239 g/mol. The first kappa shape index (κ1) is 13.4. The zero-order valence-corrected chi connectivity index (χ0v) is 10.3. The molecule has 0 atom stereocenters. The average Bonchev–Trinajstić information content (AvgIpc) is 2.27. The second-order valence-corrected chi connectivity index (χ2v) is 4.84. The summed E-state index contributed by atoms with van der Waals surface area (Å²) >= 11 is 0. The summed E-state index contributed by atoms with van der Waals surface area (Å²) in [4.78, 5) is 10.4. The van der Waals surface area contributed by atoms with Crippen molar-refractivity contribution in [3.8, 4) is 5.75 Å². The van der Waals surface area contributed by atoms with E-state index in [4.69, 9.17) is 9.84 Å². The molecule has 0 saturated carbocycles. The number of benzene rings is 1. The lowest BCUT2D eigenvalue weighted by molar-refractivity contribution is -0.386. The maximum atomic E-state index is 10.8. The van der Waals surface area contributed by atoms with Gasteiger partial charge in [0.05, 0.1) is 18.1 Å². The van der Waals surface area contributed by atoms with E-state index < -0.39 is 10.3 Å². The molecule has 5 heteroatoms. The van der Waals surface area contributed by atoms with Crippen LogP contribution in [-0.2, 0) is 0 Å². The number of rotatable bonds is 5. The third kappa shape index (κ3) is 3.71. The summed E-state index contributed by atoms with van der Waals surface area (Å²) in [6.45, 7) is 5.63. The van der Waals surface area contributed by atoms with E-state index in [2.05, 4.69) is 0 Å². The normalized spacial score (nSPS) is 11.3. The van der Waals surface area contributed by atoms with Gasteiger partial charge in [0.2, 0.25) is 0 Å². The Hall–Kier alpha value is -1.62. The van der Waals surface area contributed by atoms with Crippen molar-refractivity contribution in [2.45, 2.75) is 20.8 Å². The molecule has 0 aliphatic heterocycles. The highest BCUT2D eigenvalue weighted by Crippen LogP contribution is 2.29. The largest absolute Gasteiger partial charge is 0.486 e. The topological polar surface area (TPSA) is 72.6 Å². The first-order valence-corrected chi connectivity index (χ1v) is 5.34. The van der Waals surface area contributed by atoms with Gasteiger partial charge in [-0.2, -0.15) is 0 Å². The molecule has 0 fully saturated rings. The molecule has 0 saturated heterocycles. The summed E-state index contributed by atoms with van der Waals surface area (Å²) in [6, 6.07) is 4.82. The first-order valence-electron chi connectivity index (χ1n) is 5.34. The van der Waals surface area contributed by atoms with Crippen molar-refractivity contribution in [1.82, 2.24) is 0 Å². The summed E-state index contributed by atoms with van der Waals surface area (Å²) in [5.41, 5.74) is 0.350. The summed E-state index contributed by atoms with van der Waals surface area (Å²) in [5.74, 6) is 0.238. The molecule has 0 amide bonds. The van der Waals surface area contributed by atoms with Crippen molar-refractivity contribution in [3.63, 3.8) is 0 Å². The van der Waals surface area contributed by atoms with E-state index in [0.717, 1.165) is 5.56 Å². The van der Waals surface area contributed by atoms with Gasteiger partial charge in [0.15, 0.2) is 5.75 Å². The predicted octanol–water partition coefficient (Wildman–Crippen LogP) is 2.30. The molecule has 1 aromatic carbocycles. The van der Waals surface area contributed by atoms with Gasteiger partial charge in [-0.3, -0.25) is 10.1 Å². The summed E-state index contributed by atoms with van der Waals surface area (Å²) < 4.78 is 5.41. The molecule has 0 bridgehead atoms. The molecule has 5 nitrogen and oxygen atoms in total. The van der Waals surface area contributed by atoms with E-state index in [1.807, 2.05) is 13.8 Å². The Bertz CT molecular complexity index is 415. The fourth-order valence-electron chi connectivity index (χ4n) is 1.21. The monoisotopic (exact) mass is 239 g/mol. The molecule has 1 rings (SSSR count). The van der Waals surface area contributed by atoms with Crippen LogP contribution in [0.4, 0.5) is 5.69 Å². The van der Waals surface area contributed by atoms with Crippen LogP contribution in [0.25, 0.3) is 0 Å². The minimum Gasteiger partial charge on any atom is -0.486 e. The number of hydrogen-bond acceptors (Lipinski definition) is 4. The van der Waals surface area contributed by atoms with E-state index in [1.54, 1.807) is 19.1 Å². The first-order chi connectivity index (χ1) is 7.85. The van der Waals surface area contributed by atoms with Crippen molar-refractivity contribution >= 4 is 5.69 Å². The molecule has 0 heterocycles. The van der Waals surface area contributed by atoms with Crippen molar-refractivity contribution in [3.05, 3.63) is 33.9 Å². The highest BCUT2D eigenvalue weighted by molar-refractivity contribution is 5.48. The minimum atomic E-state index is -0.464. The van der Waals surface area contributed by atoms with Crippen LogP contribution in [0.15, 0.2) is 18.2 Å². The van der Waals surface area contributed by atoms with Gasteiger partial charge in [-0.05, 0) is 18.6 Å². The van der Waals surface area contributed by atoms with E-state index in [0.29, 0.717) is 0 Å². The Kier molecular flexibility index (Phi) is 4.07. The molecule has 1 N–H and O–H groups in total. The number of aliphatic hydroxyl groups is 1. The summed E-state index contributed by atoms with van der Waals surface area (Å²) in [7, 11) is 0. The van der Waals surface area contributed by atoms with E-state index in [1.165, 1.54) is 6.07 Å². The third-order valence-corrected chi connectivity index (χ3v) is 2.36. The predicted molar refractivity (Wildman–Crippen MR) is 64.2 cm³/mol. The summed E-state index contributed by atoms with van der Waals surface area (Å²) in [5, 5.41) is 19.9. The quantitative estimate of drug-likeness (QED) is 0.632. The van der Waals surface area contributed by atoms with Crippen LogP contribution in [0.5, 0.6) is 5.75 Å². The fraction of sp³-hybridized carbons (Fsp3) is 0.500. The van der Waals surface area contributed by atoms with Crippen LogP contribution >= 0.6 is 0 Å². The molecule has 17 heavy (non-hydrogen) atoms. The van der Waals surface area contributed by atoms with Gasteiger partial charge in [-0.25, -0.2) is 0 Å². The van der Waals surface area contributed by atoms with Gasteiger partial charge in [0.25, 0.3) is 0 Å². The Morgan fingerprint density at radius 1 is 1.47 bits per heavy atom. The Labute approximate surface area is 100 Å². The van der Waals surface area contributed by atoms with Gasteiger partial charge in [-0.1, -0.05) is 19.9 Å². The smallest absolute Gasteiger partial charge is 0.311 e. The molecule has 0 aliphatic carbocycles. The lowest BCUT2D eigenvalue weighted by Gasteiger charge is -2.21. The number of nitrogens with zero attached hydrogens (tertiary/aromatic N) is 1. The summed E-state index contributed by atoms with van der Waals surface area (Å²) in [6.07, 6.45) is 0. The van der Waals surface area contributed by atoms with E-state index in [9.17, 15) is 10.1 Å². The van der Waals surface area contributed by atoms with E-state index in [-0.39, 0.29) is 24.7 Å². The van der Waals surface area contributed by atoms with Gasteiger partial charge in [0, 0.05) is 11.5 Å². The number of aryl methyl sites for hydroxylation is 1. The molecule has 0 aromatic heterocycles. The van der Waals surface area contributed by atoms with Gasteiger partial charge in [0.1, 0.15) is 0 Å². The van der Waals surface area contributed by atoms with Crippen LogP contribution in [0.2, 0.25) is 0 Å². The van der Waals surface area contributed by atoms with Crippen LogP contribution in [0.1, 0.15) is 19.4 Å². The second-order valence-electron chi connectivity index (χ2n) is 4.84. The van der Waals surface area contributed by atoms with E-state index >= 15 is 0 Å². The van der Waals surface area contributed by atoms with Gasteiger partial charge >= 0.3 is 5.69 Å². The van der Waals surface area contributed by atoms with Crippen molar-refractivity contribution in [2.24, 2.45) is 5.41 Å². The number of ether oxygens (including phenoxy) is 1. The SMILES string of the molecule is Cc1ccc(OCC(C)(C)CO)c([N+](=O)[O-])c1. The standard InChI is InChI=1S/C12H17NO4/c1-9-4-5-11(10(6-9)13(15)16)17-8-12(2,3)7-14/h4-6,14H,7-8H2,1-3H3. The Morgan fingerprint density at radius 3 is 2.65 bits per heavy atom. The molecule has 0 aliphatic rings. The number of nitro groups is 1. The molecule has 0 spiro atoms. The third-order valence-electron chi connectivity index (χ3n) is 2.36. The molecule has 94 valence electrons. The van der Waals surface area contributed by atoms with Gasteiger partial charge < -0.3 is 9.84 Å². The molecular weight excluding hydrogens is 222 g/mol. The van der Waals surface area contributed by atoms with Crippen molar-refractivity contribution in [2.75, 3.05) is 13.2 Å². The minimum absolute atomic E-state index is 0.0351. The fourth-order valence-corrected chi connectivity index (χ4v) is 1.21. The zero-order chi connectivity index (χ0) is 13.1. The van der Waals surface area contributed by atoms with Crippen LogP contribution in [-0.4, -0.2) is 23.2 Å². The molecular formula is C12H17NO4. The highest BCUT2D eigenvalue weighted by atomic mass is 16.6. The Balaban J connectivity index is 2.88. The lowest BCUT2D eigenvalue weighted by Crippen LogP contribution is -2.25. The van der Waals surface area contributed by atoms with Crippen LogP contribution < -0.4 is 4.74 Å². The van der Waals surface area contributed by atoms with Crippen molar-refractivity contribution < 1.29 is 14.8 Å². The Morgan fingerprint density at radius 2 is 2.12 bits per heavy atom. The maximum absolute atomic E-state index is 10.8. The van der Waals surface area contributed by atoms with Crippen LogP contribution in [0, 0.1) is 22.5 Å². The molecule has 0 unspecified atom stereocenters. The number of hydrogen-bond donors (Lipinski definition) is 1. The lowest BCUT2D eigenvalue weighted by atomic mass is 9.96. The molecule has 1 aromatic rings.